The lowest BCUT2D eigenvalue weighted by molar-refractivity contribution is -0.149. The first-order valence-electron chi connectivity index (χ1n) is 7.98. The Morgan fingerprint density at radius 2 is 2.00 bits per heavy atom. The highest BCUT2D eigenvalue weighted by atomic mass is 16.5. The van der Waals surface area contributed by atoms with E-state index in [-0.39, 0.29) is 5.97 Å². The minimum absolute atomic E-state index is 0.156. The molecule has 0 aromatic carbocycles. The quantitative estimate of drug-likeness (QED) is 0.728. The fraction of sp³-hybridized carbons (Fsp3) is 0.938. The van der Waals surface area contributed by atoms with Gasteiger partial charge in [-0.3, -0.25) is 4.79 Å². The predicted octanol–water partition coefficient (Wildman–Crippen LogP) is 2.29. The standard InChI is InChI=1S/C16H32N2O2/c1-6-9-17-16(4,15(19)20-5)12-18-10-7-14(8-11-18)13(2)3/h13-14,17H,6-12H2,1-5H3. The highest BCUT2D eigenvalue weighted by Crippen LogP contribution is 2.25. The number of hydrogen-bond donors (Lipinski definition) is 1. The van der Waals surface area contributed by atoms with Crippen molar-refractivity contribution in [3.05, 3.63) is 0 Å². The van der Waals surface area contributed by atoms with Gasteiger partial charge in [-0.15, -0.1) is 0 Å². The van der Waals surface area contributed by atoms with E-state index < -0.39 is 5.54 Å². The van der Waals surface area contributed by atoms with Crippen LogP contribution in [0.3, 0.4) is 0 Å². The summed E-state index contributed by atoms with van der Waals surface area (Å²) in [7, 11) is 1.47. The zero-order valence-corrected chi connectivity index (χ0v) is 13.9. The minimum Gasteiger partial charge on any atom is -0.468 e. The van der Waals surface area contributed by atoms with E-state index in [2.05, 4.69) is 31.0 Å². The molecule has 0 radical (unpaired) electrons. The van der Waals surface area contributed by atoms with Crippen LogP contribution in [0, 0.1) is 11.8 Å². The number of carbonyl (C=O) groups is 1. The number of ether oxygens (including phenoxy) is 1. The number of nitrogens with zero attached hydrogens (tertiary/aromatic N) is 1. The summed E-state index contributed by atoms with van der Waals surface area (Å²) in [5.74, 6) is 1.44. The Morgan fingerprint density at radius 1 is 1.40 bits per heavy atom. The Hall–Kier alpha value is -0.610. The van der Waals surface area contributed by atoms with E-state index in [1.54, 1.807) is 0 Å². The summed E-state index contributed by atoms with van der Waals surface area (Å²) < 4.78 is 4.99. The average molecular weight is 284 g/mol. The number of methoxy groups -OCH3 is 1. The van der Waals surface area contributed by atoms with Gasteiger partial charge < -0.3 is 15.0 Å². The van der Waals surface area contributed by atoms with Crippen molar-refractivity contribution >= 4 is 5.97 Å². The molecule has 0 bridgehead atoms. The van der Waals surface area contributed by atoms with Crippen molar-refractivity contribution in [2.24, 2.45) is 11.8 Å². The molecule has 0 aliphatic carbocycles. The Balaban J connectivity index is 2.56. The Bertz CT molecular complexity index is 299. The molecule has 0 spiro atoms. The van der Waals surface area contributed by atoms with Gasteiger partial charge in [0, 0.05) is 6.54 Å². The summed E-state index contributed by atoms with van der Waals surface area (Å²) >= 11 is 0. The second kappa shape index (κ2) is 7.99. The van der Waals surface area contributed by atoms with Gasteiger partial charge >= 0.3 is 5.97 Å². The van der Waals surface area contributed by atoms with Gasteiger partial charge in [-0.25, -0.2) is 0 Å². The molecule has 0 saturated carbocycles. The number of carbonyl (C=O) groups excluding carboxylic acids is 1. The van der Waals surface area contributed by atoms with Crippen molar-refractivity contribution in [3.8, 4) is 0 Å². The molecule has 1 aliphatic rings. The second-order valence-electron chi connectivity index (χ2n) is 6.61. The average Bonchev–Trinajstić information content (AvgIpc) is 2.44. The highest BCUT2D eigenvalue weighted by Gasteiger charge is 2.36. The molecular weight excluding hydrogens is 252 g/mol. The van der Waals surface area contributed by atoms with Gasteiger partial charge in [-0.1, -0.05) is 20.8 Å². The van der Waals surface area contributed by atoms with Crippen molar-refractivity contribution in [1.29, 1.82) is 0 Å². The van der Waals surface area contributed by atoms with Crippen LogP contribution < -0.4 is 5.32 Å². The molecule has 118 valence electrons. The molecule has 20 heavy (non-hydrogen) atoms. The lowest BCUT2D eigenvalue weighted by Gasteiger charge is -2.39. The van der Waals surface area contributed by atoms with E-state index in [9.17, 15) is 4.79 Å². The first-order valence-corrected chi connectivity index (χ1v) is 7.98. The van der Waals surface area contributed by atoms with Crippen molar-refractivity contribution in [3.63, 3.8) is 0 Å². The molecule has 4 heteroatoms. The van der Waals surface area contributed by atoms with Crippen LogP contribution in [0.1, 0.15) is 47.0 Å². The van der Waals surface area contributed by atoms with Crippen LogP contribution in [-0.2, 0) is 9.53 Å². The van der Waals surface area contributed by atoms with Crippen LogP contribution in [-0.4, -0.2) is 49.7 Å². The number of hydrogen-bond acceptors (Lipinski definition) is 4. The lowest BCUT2D eigenvalue weighted by Crippen LogP contribution is -2.58. The minimum atomic E-state index is -0.588. The molecule has 4 nitrogen and oxygen atoms in total. The summed E-state index contributed by atoms with van der Waals surface area (Å²) in [4.78, 5) is 14.5. The first kappa shape index (κ1) is 17.4. The maximum Gasteiger partial charge on any atom is 0.327 e. The van der Waals surface area contributed by atoms with Crippen LogP contribution in [0.5, 0.6) is 0 Å². The molecule has 1 N–H and O–H groups in total. The molecule has 0 amide bonds. The maximum absolute atomic E-state index is 12.1. The number of likely N-dealkylation sites (tertiary alicyclic amines) is 1. The van der Waals surface area contributed by atoms with E-state index in [0.717, 1.165) is 44.4 Å². The Kier molecular flexibility index (Phi) is 6.96. The van der Waals surface area contributed by atoms with Crippen LogP contribution >= 0.6 is 0 Å². The smallest absolute Gasteiger partial charge is 0.327 e. The van der Waals surface area contributed by atoms with E-state index in [0.29, 0.717) is 0 Å². The molecule has 1 unspecified atom stereocenters. The number of esters is 1. The van der Waals surface area contributed by atoms with Gasteiger partial charge in [0.25, 0.3) is 0 Å². The van der Waals surface area contributed by atoms with Gasteiger partial charge in [-0.05, 0) is 57.7 Å². The van der Waals surface area contributed by atoms with Crippen molar-refractivity contribution in [1.82, 2.24) is 10.2 Å². The molecule has 0 aromatic heterocycles. The summed E-state index contributed by atoms with van der Waals surface area (Å²) in [5.41, 5.74) is -0.588. The van der Waals surface area contributed by atoms with Gasteiger partial charge in [0.1, 0.15) is 5.54 Å². The van der Waals surface area contributed by atoms with Crippen molar-refractivity contribution in [2.45, 2.75) is 52.5 Å². The molecule has 1 atom stereocenters. The van der Waals surface area contributed by atoms with Crippen LogP contribution in [0.25, 0.3) is 0 Å². The van der Waals surface area contributed by atoms with E-state index in [1.807, 2.05) is 6.92 Å². The molecule has 1 aliphatic heterocycles. The molecule has 1 heterocycles. The summed E-state index contributed by atoms with van der Waals surface area (Å²) in [6, 6.07) is 0. The summed E-state index contributed by atoms with van der Waals surface area (Å²) in [5, 5.41) is 3.36. The summed E-state index contributed by atoms with van der Waals surface area (Å²) in [6.45, 7) is 12.4. The lowest BCUT2D eigenvalue weighted by atomic mass is 9.86. The molecule has 1 rings (SSSR count). The third kappa shape index (κ3) is 4.74. The predicted molar refractivity (Wildman–Crippen MR) is 82.7 cm³/mol. The van der Waals surface area contributed by atoms with Crippen LogP contribution in [0.15, 0.2) is 0 Å². The molecule has 1 saturated heterocycles. The zero-order valence-electron chi connectivity index (χ0n) is 13.9. The first-order chi connectivity index (χ1) is 9.42. The van der Waals surface area contributed by atoms with Gasteiger partial charge in [0.15, 0.2) is 0 Å². The van der Waals surface area contributed by atoms with Crippen molar-refractivity contribution in [2.75, 3.05) is 33.3 Å². The maximum atomic E-state index is 12.1. The third-order valence-electron chi connectivity index (χ3n) is 4.52. The van der Waals surface area contributed by atoms with Crippen LogP contribution in [0.2, 0.25) is 0 Å². The SMILES string of the molecule is CCCNC(C)(CN1CCC(C(C)C)CC1)C(=O)OC. The monoisotopic (exact) mass is 284 g/mol. The normalized spacial score (nSPS) is 20.9. The topological polar surface area (TPSA) is 41.6 Å². The van der Waals surface area contributed by atoms with Gasteiger partial charge in [0.05, 0.1) is 7.11 Å². The van der Waals surface area contributed by atoms with E-state index in [1.165, 1.54) is 20.0 Å². The van der Waals surface area contributed by atoms with Gasteiger partial charge in [0.2, 0.25) is 0 Å². The van der Waals surface area contributed by atoms with Crippen LogP contribution in [0.4, 0.5) is 0 Å². The van der Waals surface area contributed by atoms with Gasteiger partial charge in [-0.2, -0.15) is 0 Å². The zero-order chi connectivity index (χ0) is 15.2. The molecule has 0 aromatic rings. The van der Waals surface area contributed by atoms with E-state index in [4.69, 9.17) is 4.74 Å². The highest BCUT2D eigenvalue weighted by molar-refractivity contribution is 5.80. The summed E-state index contributed by atoms with van der Waals surface area (Å²) in [6.07, 6.45) is 3.49. The second-order valence-corrected chi connectivity index (χ2v) is 6.61. The number of rotatable bonds is 7. The number of nitrogens with one attached hydrogen (secondary N) is 1. The van der Waals surface area contributed by atoms with Crippen molar-refractivity contribution < 1.29 is 9.53 Å². The fourth-order valence-electron chi connectivity index (χ4n) is 3.04. The molecule has 1 fully saturated rings. The third-order valence-corrected chi connectivity index (χ3v) is 4.52. The van der Waals surface area contributed by atoms with E-state index >= 15 is 0 Å². The Morgan fingerprint density at radius 3 is 2.45 bits per heavy atom. The fourth-order valence-corrected chi connectivity index (χ4v) is 3.04. The largest absolute Gasteiger partial charge is 0.468 e. The number of piperidine rings is 1. The molecular formula is C16H32N2O2. The Labute approximate surface area is 124 Å².